The summed E-state index contributed by atoms with van der Waals surface area (Å²) in [4.78, 5) is 24.3. The van der Waals surface area contributed by atoms with E-state index in [2.05, 4.69) is 10.9 Å². The molecule has 0 radical (unpaired) electrons. The van der Waals surface area contributed by atoms with E-state index < -0.39 is 17.9 Å². The minimum atomic E-state index is -0.775. The summed E-state index contributed by atoms with van der Waals surface area (Å²) >= 11 is 0. The fraction of sp³-hybridized carbons (Fsp3) is 0.263. The maximum Gasteiger partial charge on any atom is 0.279 e. The van der Waals surface area contributed by atoms with E-state index in [0.717, 1.165) is 5.56 Å². The number of aryl methyl sites for hydroxylation is 1. The van der Waals surface area contributed by atoms with Gasteiger partial charge in [-0.1, -0.05) is 12.1 Å². The van der Waals surface area contributed by atoms with Gasteiger partial charge < -0.3 is 14.2 Å². The molecule has 0 spiro atoms. The summed E-state index contributed by atoms with van der Waals surface area (Å²) in [6.45, 7) is 3.53. The van der Waals surface area contributed by atoms with Crippen LogP contribution in [0.2, 0.25) is 0 Å². The van der Waals surface area contributed by atoms with Gasteiger partial charge >= 0.3 is 0 Å². The van der Waals surface area contributed by atoms with E-state index in [-0.39, 0.29) is 0 Å². The Morgan fingerprint density at radius 2 is 1.69 bits per heavy atom. The third-order valence-electron chi connectivity index (χ3n) is 3.62. The number of hydrazine groups is 1. The van der Waals surface area contributed by atoms with Crippen LogP contribution in [0.3, 0.4) is 0 Å². The third-order valence-corrected chi connectivity index (χ3v) is 3.62. The topological polar surface area (TPSA) is 85.9 Å². The number of hydrogen-bond donors (Lipinski definition) is 2. The second-order valence-corrected chi connectivity index (χ2v) is 5.59. The summed E-state index contributed by atoms with van der Waals surface area (Å²) in [5.74, 6) is 0.553. The van der Waals surface area contributed by atoms with E-state index in [4.69, 9.17) is 14.2 Å². The molecule has 0 aliphatic rings. The summed E-state index contributed by atoms with van der Waals surface area (Å²) in [6, 6.07) is 12.1. The highest BCUT2D eigenvalue weighted by Gasteiger charge is 2.17. The van der Waals surface area contributed by atoms with Crippen LogP contribution < -0.4 is 25.1 Å². The first-order chi connectivity index (χ1) is 12.4. The lowest BCUT2D eigenvalue weighted by Gasteiger charge is -2.15. The van der Waals surface area contributed by atoms with Gasteiger partial charge in [0.1, 0.15) is 5.75 Å². The predicted octanol–water partition coefficient (Wildman–Crippen LogP) is 2.24. The van der Waals surface area contributed by atoms with E-state index >= 15 is 0 Å². The highest BCUT2D eigenvalue weighted by Crippen LogP contribution is 2.27. The van der Waals surface area contributed by atoms with Gasteiger partial charge in [-0.15, -0.1) is 0 Å². The van der Waals surface area contributed by atoms with E-state index in [9.17, 15) is 9.59 Å². The Morgan fingerprint density at radius 1 is 0.962 bits per heavy atom. The molecule has 1 unspecified atom stereocenters. The van der Waals surface area contributed by atoms with Gasteiger partial charge in [0.25, 0.3) is 11.8 Å². The number of benzene rings is 2. The van der Waals surface area contributed by atoms with Gasteiger partial charge in [-0.2, -0.15) is 0 Å². The number of hydrogen-bond acceptors (Lipinski definition) is 5. The summed E-state index contributed by atoms with van der Waals surface area (Å²) in [5.41, 5.74) is 6.04. The van der Waals surface area contributed by atoms with Crippen molar-refractivity contribution in [1.29, 1.82) is 0 Å². The summed E-state index contributed by atoms with van der Waals surface area (Å²) in [5, 5.41) is 0. The number of nitrogens with one attached hydrogen (secondary N) is 2. The molecule has 1 atom stereocenters. The number of rotatable bonds is 6. The van der Waals surface area contributed by atoms with Crippen LogP contribution in [-0.2, 0) is 4.79 Å². The molecule has 0 bridgehead atoms. The van der Waals surface area contributed by atoms with Crippen molar-refractivity contribution in [1.82, 2.24) is 10.9 Å². The molecule has 7 nitrogen and oxygen atoms in total. The van der Waals surface area contributed by atoms with Crippen LogP contribution in [0.5, 0.6) is 17.2 Å². The molecule has 0 aliphatic heterocycles. The Hall–Kier alpha value is -3.22. The van der Waals surface area contributed by atoms with Gasteiger partial charge in [0.2, 0.25) is 0 Å². The van der Waals surface area contributed by atoms with Gasteiger partial charge in [-0.3, -0.25) is 20.4 Å². The normalized spacial score (nSPS) is 11.2. The molecule has 0 saturated heterocycles. The summed E-state index contributed by atoms with van der Waals surface area (Å²) < 4.78 is 15.8. The fourth-order valence-electron chi connectivity index (χ4n) is 2.22. The number of carbonyl (C=O) groups is 2. The molecule has 0 fully saturated rings. The summed E-state index contributed by atoms with van der Waals surface area (Å²) in [7, 11) is 2.99. The van der Waals surface area contributed by atoms with Crippen molar-refractivity contribution in [3.8, 4) is 17.2 Å². The highest BCUT2D eigenvalue weighted by molar-refractivity contribution is 5.96. The molecule has 0 saturated carbocycles. The molecule has 138 valence electrons. The van der Waals surface area contributed by atoms with Gasteiger partial charge in [0.15, 0.2) is 17.6 Å². The lowest BCUT2D eigenvalue weighted by atomic mass is 10.2. The zero-order valence-electron chi connectivity index (χ0n) is 15.2. The molecule has 2 N–H and O–H groups in total. The van der Waals surface area contributed by atoms with Crippen LogP contribution in [0.15, 0.2) is 42.5 Å². The number of ether oxygens (including phenoxy) is 3. The largest absolute Gasteiger partial charge is 0.493 e. The van der Waals surface area contributed by atoms with Crippen LogP contribution in [0.25, 0.3) is 0 Å². The fourth-order valence-corrected chi connectivity index (χ4v) is 2.22. The van der Waals surface area contributed by atoms with E-state index in [1.54, 1.807) is 25.1 Å². The SMILES string of the molecule is COc1ccc(C(=O)NNC(=O)C(C)Oc2cccc(C)c2)cc1OC. The first-order valence-electron chi connectivity index (χ1n) is 8.00. The molecule has 7 heteroatoms. The van der Waals surface area contributed by atoms with Crippen molar-refractivity contribution < 1.29 is 23.8 Å². The van der Waals surface area contributed by atoms with E-state index in [1.165, 1.54) is 20.3 Å². The summed E-state index contributed by atoms with van der Waals surface area (Å²) in [6.07, 6.45) is -0.775. The Bertz CT molecular complexity index is 791. The number of carbonyl (C=O) groups excluding carboxylic acids is 2. The van der Waals surface area contributed by atoms with Gasteiger partial charge in [-0.25, -0.2) is 0 Å². The lowest BCUT2D eigenvalue weighted by molar-refractivity contribution is -0.128. The Balaban J connectivity index is 1.92. The second kappa shape index (κ2) is 8.75. The van der Waals surface area contributed by atoms with Crippen LogP contribution in [-0.4, -0.2) is 32.1 Å². The molecule has 0 aliphatic carbocycles. The van der Waals surface area contributed by atoms with E-state index in [1.807, 2.05) is 25.1 Å². The minimum absolute atomic E-state index is 0.315. The molecule has 0 heterocycles. The quantitative estimate of drug-likeness (QED) is 0.774. The molecule has 2 rings (SSSR count). The molecule has 2 amide bonds. The standard InChI is InChI=1S/C19H22N2O5/c1-12-6-5-7-15(10-12)26-13(2)18(22)20-21-19(23)14-8-9-16(24-3)17(11-14)25-4/h5-11,13H,1-4H3,(H,20,22)(H,21,23). The number of amides is 2. The zero-order chi connectivity index (χ0) is 19.1. The third kappa shape index (κ3) is 4.89. The van der Waals surface area contributed by atoms with Crippen LogP contribution in [0.4, 0.5) is 0 Å². The van der Waals surface area contributed by atoms with Gasteiger partial charge in [0, 0.05) is 5.56 Å². The lowest BCUT2D eigenvalue weighted by Crippen LogP contribution is -2.47. The monoisotopic (exact) mass is 358 g/mol. The van der Waals surface area contributed by atoms with Crippen molar-refractivity contribution in [2.45, 2.75) is 20.0 Å². The molecule has 26 heavy (non-hydrogen) atoms. The van der Waals surface area contributed by atoms with Crippen LogP contribution >= 0.6 is 0 Å². The first-order valence-corrected chi connectivity index (χ1v) is 8.00. The van der Waals surface area contributed by atoms with E-state index in [0.29, 0.717) is 22.8 Å². The Labute approximate surface area is 152 Å². The van der Waals surface area contributed by atoms with Crippen LogP contribution in [0, 0.1) is 6.92 Å². The minimum Gasteiger partial charge on any atom is -0.493 e. The van der Waals surface area contributed by atoms with Gasteiger partial charge in [-0.05, 0) is 49.7 Å². The molecule has 2 aromatic carbocycles. The average molecular weight is 358 g/mol. The van der Waals surface area contributed by atoms with Crippen molar-refractivity contribution in [3.63, 3.8) is 0 Å². The van der Waals surface area contributed by atoms with Crippen molar-refractivity contribution in [2.24, 2.45) is 0 Å². The van der Waals surface area contributed by atoms with Crippen molar-refractivity contribution in [2.75, 3.05) is 14.2 Å². The van der Waals surface area contributed by atoms with Crippen LogP contribution in [0.1, 0.15) is 22.8 Å². The molecule has 0 aromatic heterocycles. The second-order valence-electron chi connectivity index (χ2n) is 5.59. The maximum atomic E-state index is 12.2. The predicted molar refractivity (Wildman–Crippen MR) is 96.4 cm³/mol. The first kappa shape index (κ1) is 19.1. The molecular weight excluding hydrogens is 336 g/mol. The Morgan fingerprint density at radius 3 is 2.35 bits per heavy atom. The van der Waals surface area contributed by atoms with Crippen molar-refractivity contribution >= 4 is 11.8 Å². The molecule has 2 aromatic rings. The average Bonchev–Trinajstić information content (AvgIpc) is 2.65. The van der Waals surface area contributed by atoms with Gasteiger partial charge in [0.05, 0.1) is 14.2 Å². The van der Waals surface area contributed by atoms with Crippen molar-refractivity contribution in [3.05, 3.63) is 53.6 Å². The Kier molecular flexibility index (Phi) is 6.43. The molecular formula is C19H22N2O5. The smallest absolute Gasteiger partial charge is 0.279 e. The maximum absolute atomic E-state index is 12.2. The zero-order valence-corrected chi connectivity index (χ0v) is 15.2. The highest BCUT2D eigenvalue weighted by atomic mass is 16.5. The number of methoxy groups -OCH3 is 2.